The lowest BCUT2D eigenvalue weighted by molar-refractivity contribution is 0.616. The monoisotopic (exact) mass is 161 g/mol. The predicted molar refractivity (Wildman–Crippen MR) is 47.7 cm³/mol. The summed E-state index contributed by atoms with van der Waals surface area (Å²) in [4.78, 5) is 0. The van der Waals surface area contributed by atoms with E-state index < -0.39 is 0 Å². The van der Waals surface area contributed by atoms with Crippen LogP contribution >= 0.6 is 12.2 Å². The molecule has 0 bridgehead atoms. The predicted octanol–water partition coefficient (Wildman–Crippen LogP) is -0.0530. The van der Waals surface area contributed by atoms with Gasteiger partial charge < -0.3 is 16.8 Å². The summed E-state index contributed by atoms with van der Waals surface area (Å²) >= 11 is 4.61. The van der Waals surface area contributed by atoms with Crippen molar-refractivity contribution in [3.05, 3.63) is 0 Å². The van der Waals surface area contributed by atoms with Crippen LogP contribution in [-0.2, 0) is 0 Å². The third kappa shape index (κ3) is 7.65. The quantitative estimate of drug-likeness (QED) is 0.399. The van der Waals surface area contributed by atoms with Crippen molar-refractivity contribution >= 4 is 17.3 Å². The van der Waals surface area contributed by atoms with Crippen molar-refractivity contribution in [1.82, 2.24) is 5.32 Å². The number of hydrogen-bond acceptors (Lipinski definition) is 2. The maximum absolute atomic E-state index is 5.52. The van der Waals surface area contributed by atoms with Gasteiger partial charge in [-0.1, -0.05) is 0 Å². The summed E-state index contributed by atoms with van der Waals surface area (Å²) in [5.41, 5.74) is 10.7. The Kier molecular flexibility index (Phi) is 5.25. The molecule has 0 fully saturated rings. The van der Waals surface area contributed by atoms with Crippen LogP contribution in [0.5, 0.6) is 0 Å². The van der Waals surface area contributed by atoms with E-state index >= 15 is 0 Å². The molecule has 1 unspecified atom stereocenters. The molecular formula is C6H15N3S. The van der Waals surface area contributed by atoms with E-state index in [1.807, 2.05) is 6.92 Å². The molecule has 0 aromatic heterocycles. The lowest BCUT2D eigenvalue weighted by Crippen LogP contribution is -2.30. The molecule has 0 rings (SSSR count). The molecule has 60 valence electrons. The molecule has 0 aliphatic heterocycles. The van der Waals surface area contributed by atoms with Crippen LogP contribution in [0.15, 0.2) is 0 Å². The van der Waals surface area contributed by atoms with Gasteiger partial charge in [0.05, 0.1) is 0 Å². The van der Waals surface area contributed by atoms with E-state index in [9.17, 15) is 0 Å². The zero-order valence-electron chi connectivity index (χ0n) is 6.26. The van der Waals surface area contributed by atoms with Gasteiger partial charge in [-0.05, 0) is 32.0 Å². The second-order valence-corrected chi connectivity index (χ2v) is 2.85. The normalized spacial score (nSPS) is 12.6. The van der Waals surface area contributed by atoms with Crippen LogP contribution in [0.1, 0.15) is 19.8 Å². The molecule has 1 atom stereocenters. The first kappa shape index (κ1) is 9.65. The molecule has 0 saturated carbocycles. The van der Waals surface area contributed by atoms with Gasteiger partial charge in [-0.15, -0.1) is 0 Å². The van der Waals surface area contributed by atoms with Crippen molar-refractivity contribution in [3.8, 4) is 0 Å². The Balaban J connectivity index is 2.98. The van der Waals surface area contributed by atoms with Crippen molar-refractivity contribution in [3.63, 3.8) is 0 Å². The highest BCUT2D eigenvalue weighted by atomic mass is 32.1. The number of thiocarbonyl (C=S) groups is 1. The smallest absolute Gasteiger partial charge is 0.163 e. The van der Waals surface area contributed by atoms with Gasteiger partial charge in [-0.3, -0.25) is 0 Å². The molecule has 0 aromatic rings. The average molecular weight is 161 g/mol. The average Bonchev–Trinajstić information content (AvgIpc) is 1.79. The number of nitrogens with one attached hydrogen (secondary N) is 1. The number of hydrogen-bond donors (Lipinski definition) is 3. The molecule has 0 aromatic carbocycles. The second kappa shape index (κ2) is 5.44. The van der Waals surface area contributed by atoms with Crippen molar-refractivity contribution in [2.75, 3.05) is 6.54 Å². The van der Waals surface area contributed by atoms with Crippen molar-refractivity contribution in [2.24, 2.45) is 11.5 Å². The van der Waals surface area contributed by atoms with E-state index in [0.29, 0.717) is 5.11 Å². The maximum Gasteiger partial charge on any atom is 0.163 e. The van der Waals surface area contributed by atoms with E-state index in [4.69, 9.17) is 11.5 Å². The molecule has 0 radical (unpaired) electrons. The summed E-state index contributed by atoms with van der Waals surface area (Å²) < 4.78 is 0. The van der Waals surface area contributed by atoms with Crippen molar-refractivity contribution in [1.29, 1.82) is 0 Å². The van der Waals surface area contributed by atoms with Gasteiger partial charge >= 0.3 is 0 Å². The number of nitrogens with two attached hydrogens (primary N) is 2. The molecule has 0 saturated heterocycles. The van der Waals surface area contributed by atoms with Gasteiger partial charge in [0, 0.05) is 12.6 Å². The fraction of sp³-hybridized carbons (Fsp3) is 0.833. The first-order valence-corrected chi connectivity index (χ1v) is 3.82. The zero-order chi connectivity index (χ0) is 7.98. The molecule has 0 aliphatic rings. The van der Waals surface area contributed by atoms with Crippen LogP contribution in [0.3, 0.4) is 0 Å². The van der Waals surface area contributed by atoms with E-state index in [0.717, 1.165) is 19.4 Å². The fourth-order valence-electron chi connectivity index (χ4n) is 0.636. The first-order chi connectivity index (χ1) is 4.63. The van der Waals surface area contributed by atoms with Crippen LogP contribution in [0, 0.1) is 0 Å². The molecule has 3 nitrogen and oxygen atoms in total. The minimum absolute atomic E-state index is 0.271. The maximum atomic E-state index is 5.52. The van der Waals surface area contributed by atoms with Gasteiger partial charge in [0.25, 0.3) is 0 Å². The van der Waals surface area contributed by atoms with Gasteiger partial charge in [0.15, 0.2) is 5.11 Å². The molecule has 0 spiro atoms. The first-order valence-electron chi connectivity index (χ1n) is 3.42. The minimum atomic E-state index is 0.271. The summed E-state index contributed by atoms with van der Waals surface area (Å²) in [6.45, 7) is 2.82. The molecule has 5 N–H and O–H groups in total. The lowest BCUT2D eigenvalue weighted by Gasteiger charge is -2.05. The summed E-state index contributed by atoms with van der Waals surface area (Å²) in [6.07, 6.45) is 2.03. The van der Waals surface area contributed by atoms with Gasteiger partial charge in [-0.25, -0.2) is 0 Å². The highest BCUT2D eigenvalue weighted by molar-refractivity contribution is 7.80. The van der Waals surface area contributed by atoms with Crippen LogP contribution in [0.2, 0.25) is 0 Å². The van der Waals surface area contributed by atoms with Gasteiger partial charge in [0.1, 0.15) is 0 Å². The number of rotatable bonds is 4. The highest BCUT2D eigenvalue weighted by Gasteiger charge is 1.92. The van der Waals surface area contributed by atoms with Gasteiger partial charge in [-0.2, -0.15) is 0 Å². The molecule has 10 heavy (non-hydrogen) atoms. The fourth-order valence-corrected chi connectivity index (χ4v) is 0.738. The van der Waals surface area contributed by atoms with E-state index in [1.165, 1.54) is 0 Å². The van der Waals surface area contributed by atoms with Crippen LogP contribution in [0.4, 0.5) is 0 Å². The third-order valence-electron chi connectivity index (χ3n) is 1.14. The van der Waals surface area contributed by atoms with E-state index in [-0.39, 0.29) is 6.04 Å². The lowest BCUT2D eigenvalue weighted by atomic mass is 10.2. The van der Waals surface area contributed by atoms with Crippen molar-refractivity contribution in [2.45, 2.75) is 25.8 Å². The van der Waals surface area contributed by atoms with Crippen LogP contribution in [-0.4, -0.2) is 17.7 Å². The summed E-state index contributed by atoms with van der Waals surface area (Å²) in [7, 11) is 0. The molecule has 4 heteroatoms. The van der Waals surface area contributed by atoms with Crippen LogP contribution in [0.25, 0.3) is 0 Å². The molecule has 0 amide bonds. The Bertz CT molecular complexity index is 103. The second-order valence-electron chi connectivity index (χ2n) is 2.41. The minimum Gasteiger partial charge on any atom is -0.376 e. The summed E-state index contributed by atoms with van der Waals surface area (Å²) in [6, 6.07) is 0.271. The summed E-state index contributed by atoms with van der Waals surface area (Å²) in [5, 5.41) is 3.22. The van der Waals surface area contributed by atoms with E-state index in [1.54, 1.807) is 0 Å². The topological polar surface area (TPSA) is 64.1 Å². The Morgan fingerprint density at radius 1 is 1.70 bits per heavy atom. The Hall–Kier alpha value is -0.350. The zero-order valence-corrected chi connectivity index (χ0v) is 7.08. The molecule has 0 aliphatic carbocycles. The third-order valence-corrected chi connectivity index (χ3v) is 1.28. The Morgan fingerprint density at radius 2 is 2.30 bits per heavy atom. The molecular weight excluding hydrogens is 146 g/mol. The van der Waals surface area contributed by atoms with Crippen molar-refractivity contribution < 1.29 is 0 Å². The molecule has 0 heterocycles. The standard InChI is InChI=1S/C6H15N3S/c1-5(7)3-2-4-9-6(8)10/h5H,2-4,7H2,1H3,(H3,8,9,10). The largest absolute Gasteiger partial charge is 0.376 e. The Morgan fingerprint density at radius 3 is 2.70 bits per heavy atom. The highest BCUT2D eigenvalue weighted by Crippen LogP contribution is 1.90. The summed E-state index contributed by atoms with van der Waals surface area (Å²) in [5.74, 6) is 0. The van der Waals surface area contributed by atoms with E-state index in [2.05, 4.69) is 17.5 Å². The van der Waals surface area contributed by atoms with Crippen LogP contribution < -0.4 is 16.8 Å². The SMILES string of the molecule is CC(N)CCCNC(N)=S. The Labute approximate surface area is 67.2 Å². The van der Waals surface area contributed by atoms with Gasteiger partial charge in [0.2, 0.25) is 0 Å².